The van der Waals surface area contributed by atoms with Gasteiger partial charge in [0.05, 0.1) is 5.69 Å². The molecular formula is C19H30FN3O. The third kappa shape index (κ3) is 5.69. The molecule has 0 saturated heterocycles. The van der Waals surface area contributed by atoms with E-state index in [4.69, 9.17) is 0 Å². The molecule has 1 aliphatic carbocycles. The summed E-state index contributed by atoms with van der Waals surface area (Å²) in [7, 11) is 0. The van der Waals surface area contributed by atoms with Crippen molar-refractivity contribution >= 4 is 11.6 Å². The number of anilines is 1. The van der Waals surface area contributed by atoms with Gasteiger partial charge in [0.15, 0.2) is 5.96 Å². The molecule has 0 spiro atoms. The van der Waals surface area contributed by atoms with Gasteiger partial charge in [-0.3, -0.25) is 4.99 Å². The zero-order valence-electron chi connectivity index (χ0n) is 15.0. The highest BCUT2D eigenvalue weighted by atomic mass is 19.1. The number of halogens is 1. The topological polar surface area (TPSA) is 56.7 Å². The number of phenolic OH excluding ortho intramolecular Hbond substituents is 1. The smallest absolute Gasteiger partial charge is 0.196 e. The second-order valence-electron chi connectivity index (χ2n) is 7.21. The maximum Gasteiger partial charge on any atom is 0.196 e. The molecule has 1 aromatic rings. The van der Waals surface area contributed by atoms with Crippen LogP contribution in [0.2, 0.25) is 0 Å². The van der Waals surface area contributed by atoms with Gasteiger partial charge in [0.25, 0.3) is 0 Å². The number of hydrogen-bond acceptors (Lipinski definition) is 2. The maximum atomic E-state index is 13.5. The van der Waals surface area contributed by atoms with Crippen LogP contribution in [0.15, 0.2) is 23.2 Å². The summed E-state index contributed by atoms with van der Waals surface area (Å²) >= 11 is 0. The Labute approximate surface area is 144 Å². The molecule has 2 atom stereocenters. The van der Waals surface area contributed by atoms with E-state index in [0.717, 1.165) is 12.8 Å². The molecule has 4 nitrogen and oxygen atoms in total. The van der Waals surface area contributed by atoms with Crippen molar-refractivity contribution in [2.75, 3.05) is 11.9 Å². The van der Waals surface area contributed by atoms with Crippen molar-refractivity contribution in [3.8, 4) is 5.75 Å². The highest BCUT2D eigenvalue weighted by molar-refractivity contribution is 5.95. The Hall–Kier alpha value is -1.78. The van der Waals surface area contributed by atoms with E-state index in [1.165, 1.54) is 37.5 Å². The van der Waals surface area contributed by atoms with Crippen LogP contribution < -0.4 is 10.6 Å². The Bertz CT molecular complexity index is 560. The van der Waals surface area contributed by atoms with Crippen molar-refractivity contribution in [3.63, 3.8) is 0 Å². The summed E-state index contributed by atoms with van der Waals surface area (Å²) in [6, 6.07) is 4.25. The first-order valence-electron chi connectivity index (χ1n) is 9.02. The molecule has 0 amide bonds. The standard InChI is InChI=1S/C19H30FN3O/c1-13(2)10-11-21-19(22-16-7-5-4-6-14(16)3)23-17-12-15(20)8-9-18(17)24/h8-9,12-14,16,24H,4-7,10-11H2,1-3H3,(H2,21,22,23). The quantitative estimate of drug-likeness (QED) is 0.421. The molecule has 0 radical (unpaired) electrons. The predicted molar refractivity (Wildman–Crippen MR) is 98.0 cm³/mol. The van der Waals surface area contributed by atoms with Gasteiger partial charge in [-0.25, -0.2) is 4.39 Å². The number of nitrogens with one attached hydrogen (secondary N) is 2. The van der Waals surface area contributed by atoms with E-state index in [2.05, 4.69) is 36.4 Å². The maximum absolute atomic E-state index is 13.5. The molecule has 1 aromatic carbocycles. The lowest BCUT2D eigenvalue weighted by Gasteiger charge is -2.31. The van der Waals surface area contributed by atoms with E-state index in [9.17, 15) is 9.50 Å². The van der Waals surface area contributed by atoms with Crippen LogP contribution in [0.4, 0.5) is 10.1 Å². The third-order valence-electron chi connectivity index (χ3n) is 4.62. The minimum atomic E-state index is -0.386. The lowest BCUT2D eigenvalue weighted by Crippen LogP contribution is -2.44. The van der Waals surface area contributed by atoms with Crippen molar-refractivity contribution < 1.29 is 9.50 Å². The van der Waals surface area contributed by atoms with Crippen LogP contribution in [0.5, 0.6) is 5.75 Å². The molecular weight excluding hydrogens is 305 g/mol. The van der Waals surface area contributed by atoms with Gasteiger partial charge in [-0.15, -0.1) is 0 Å². The minimum absolute atomic E-state index is 0.0199. The average Bonchev–Trinajstić information content (AvgIpc) is 2.52. The molecule has 0 heterocycles. The van der Waals surface area contributed by atoms with Crippen molar-refractivity contribution in [1.29, 1.82) is 0 Å². The Morgan fingerprint density at radius 2 is 2.08 bits per heavy atom. The average molecular weight is 335 g/mol. The third-order valence-corrected chi connectivity index (χ3v) is 4.62. The SMILES string of the molecule is CC(C)CCN=C(Nc1cc(F)ccc1O)NC1CCCCC1C. The van der Waals surface area contributed by atoms with E-state index in [1.54, 1.807) is 0 Å². The molecule has 1 aliphatic rings. The fraction of sp³-hybridized carbons (Fsp3) is 0.632. The molecule has 1 saturated carbocycles. The van der Waals surface area contributed by atoms with Crippen LogP contribution in [0, 0.1) is 17.7 Å². The van der Waals surface area contributed by atoms with Crippen molar-refractivity contribution in [3.05, 3.63) is 24.0 Å². The molecule has 0 aromatic heterocycles. The second kappa shape index (κ2) is 8.90. The van der Waals surface area contributed by atoms with Crippen LogP contribution in [-0.2, 0) is 0 Å². The van der Waals surface area contributed by atoms with Crippen LogP contribution in [0.25, 0.3) is 0 Å². The van der Waals surface area contributed by atoms with E-state index in [1.807, 2.05) is 0 Å². The number of nitrogens with zero attached hydrogens (tertiary/aromatic N) is 1. The summed E-state index contributed by atoms with van der Waals surface area (Å²) in [6.45, 7) is 7.28. The first kappa shape index (κ1) is 18.6. The second-order valence-corrected chi connectivity index (χ2v) is 7.21. The number of aromatic hydroxyl groups is 1. The van der Waals surface area contributed by atoms with Crippen LogP contribution in [0.1, 0.15) is 52.9 Å². The van der Waals surface area contributed by atoms with E-state index < -0.39 is 0 Å². The minimum Gasteiger partial charge on any atom is -0.506 e. The van der Waals surface area contributed by atoms with E-state index in [-0.39, 0.29) is 11.6 Å². The zero-order chi connectivity index (χ0) is 17.5. The van der Waals surface area contributed by atoms with Gasteiger partial charge in [-0.2, -0.15) is 0 Å². The van der Waals surface area contributed by atoms with Crippen LogP contribution in [-0.4, -0.2) is 23.7 Å². The van der Waals surface area contributed by atoms with Crippen LogP contribution >= 0.6 is 0 Å². The summed E-state index contributed by atoms with van der Waals surface area (Å²) in [4.78, 5) is 4.62. The van der Waals surface area contributed by atoms with Gasteiger partial charge in [0.1, 0.15) is 11.6 Å². The summed E-state index contributed by atoms with van der Waals surface area (Å²) in [6.07, 6.45) is 5.80. The normalized spacial score (nSPS) is 21.8. The molecule has 2 rings (SSSR count). The number of phenols is 1. The highest BCUT2D eigenvalue weighted by Gasteiger charge is 2.22. The first-order chi connectivity index (χ1) is 11.5. The molecule has 5 heteroatoms. The monoisotopic (exact) mass is 335 g/mol. The molecule has 1 fully saturated rings. The van der Waals surface area contributed by atoms with Gasteiger partial charge in [0, 0.05) is 18.7 Å². The molecule has 134 valence electrons. The first-order valence-corrected chi connectivity index (χ1v) is 9.02. The van der Waals surface area contributed by atoms with Crippen molar-refractivity contribution in [1.82, 2.24) is 5.32 Å². The Morgan fingerprint density at radius 3 is 2.79 bits per heavy atom. The molecule has 3 N–H and O–H groups in total. The van der Waals surface area contributed by atoms with E-state index in [0.29, 0.717) is 36.1 Å². The van der Waals surface area contributed by atoms with Gasteiger partial charge in [0.2, 0.25) is 0 Å². The summed E-state index contributed by atoms with van der Waals surface area (Å²) in [5.74, 6) is 1.41. The van der Waals surface area contributed by atoms with Gasteiger partial charge < -0.3 is 15.7 Å². The largest absolute Gasteiger partial charge is 0.506 e. The zero-order valence-corrected chi connectivity index (χ0v) is 15.0. The highest BCUT2D eigenvalue weighted by Crippen LogP contribution is 2.25. The predicted octanol–water partition coefficient (Wildman–Crippen LogP) is 4.51. The van der Waals surface area contributed by atoms with Crippen molar-refractivity contribution in [2.45, 2.75) is 58.9 Å². The number of rotatable bonds is 5. The Balaban J connectivity index is 2.10. The summed E-state index contributed by atoms with van der Waals surface area (Å²) in [5.41, 5.74) is 0.342. The lowest BCUT2D eigenvalue weighted by atomic mass is 9.86. The number of benzene rings is 1. The molecule has 24 heavy (non-hydrogen) atoms. The number of aliphatic imine (C=N–C) groups is 1. The summed E-state index contributed by atoms with van der Waals surface area (Å²) < 4.78 is 13.5. The number of guanidine groups is 1. The van der Waals surface area contributed by atoms with Crippen LogP contribution in [0.3, 0.4) is 0 Å². The van der Waals surface area contributed by atoms with Crippen molar-refractivity contribution in [2.24, 2.45) is 16.8 Å². The fourth-order valence-corrected chi connectivity index (χ4v) is 3.00. The number of hydrogen-bond donors (Lipinski definition) is 3. The van der Waals surface area contributed by atoms with Gasteiger partial charge in [-0.1, -0.05) is 33.6 Å². The van der Waals surface area contributed by atoms with Gasteiger partial charge in [-0.05, 0) is 43.2 Å². The molecule has 0 bridgehead atoms. The molecule has 2 unspecified atom stereocenters. The lowest BCUT2D eigenvalue weighted by molar-refractivity contribution is 0.308. The van der Waals surface area contributed by atoms with E-state index >= 15 is 0 Å². The van der Waals surface area contributed by atoms with Gasteiger partial charge >= 0.3 is 0 Å². The fourth-order valence-electron chi connectivity index (χ4n) is 3.00. The Kier molecular flexibility index (Phi) is 6.88. The Morgan fingerprint density at radius 1 is 1.33 bits per heavy atom. The molecule has 0 aliphatic heterocycles. The summed E-state index contributed by atoms with van der Waals surface area (Å²) in [5, 5.41) is 16.5.